The van der Waals surface area contributed by atoms with E-state index in [0.29, 0.717) is 5.75 Å². The van der Waals surface area contributed by atoms with Gasteiger partial charge in [0.25, 0.3) is 10.0 Å². The summed E-state index contributed by atoms with van der Waals surface area (Å²) >= 11 is 0. The van der Waals surface area contributed by atoms with Crippen LogP contribution in [-0.2, 0) is 19.6 Å². The average Bonchev–Trinajstić information content (AvgIpc) is 2.74. The summed E-state index contributed by atoms with van der Waals surface area (Å²) < 4.78 is 38.5. The zero-order chi connectivity index (χ0) is 21.0. The first-order valence-electron chi connectivity index (χ1n) is 9.47. The third kappa shape index (κ3) is 4.15. The number of sulfonamides is 1. The molecular formula is C22H25NO5S. The molecule has 1 heterocycles. The maximum atomic E-state index is 13.4. The topological polar surface area (TPSA) is 72.9 Å². The average molecular weight is 416 g/mol. The Labute approximate surface area is 171 Å². The smallest absolute Gasteiger partial charge is 0.313 e. The van der Waals surface area contributed by atoms with E-state index in [1.807, 2.05) is 19.1 Å². The van der Waals surface area contributed by atoms with Crippen LogP contribution in [0.1, 0.15) is 25.5 Å². The predicted octanol–water partition coefficient (Wildman–Crippen LogP) is 3.77. The number of hydrogen-bond acceptors (Lipinski definition) is 5. The largest absolute Gasteiger partial charge is 0.497 e. The van der Waals surface area contributed by atoms with E-state index in [9.17, 15) is 13.2 Å². The van der Waals surface area contributed by atoms with Crippen molar-refractivity contribution < 1.29 is 22.7 Å². The first-order valence-corrected chi connectivity index (χ1v) is 10.9. The lowest BCUT2D eigenvalue weighted by Crippen LogP contribution is -2.41. The third-order valence-corrected chi connectivity index (χ3v) is 6.89. The van der Waals surface area contributed by atoms with E-state index in [0.717, 1.165) is 5.56 Å². The minimum Gasteiger partial charge on any atom is -0.497 e. The van der Waals surface area contributed by atoms with Crippen molar-refractivity contribution in [2.45, 2.75) is 24.8 Å². The Balaban J connectivity index is 2.08. The number of benzene rings is 2. The van der Waals surface area contributed by atoms with Crippen molar-refractivity contribution in [3.05, 3.63) is 72.4 Å². The number of ether oxygens (including phenoxy) is 2. The molecule has 0 N–H and O–H groups in total. The molecule has 154 valence electrons. The standard InChI is InChI=1S/C22H25NO5S/c1-4-28-22(24)20-14-15-23(29(25,26)19-8-6-5-7-9-19)21(16(20)2)17-10-12-18(27-3)13-11-17/h5-16,20-21H,4H2,1-3H3/t16-,20+,21-/m1/s1. The van der Waals surface area contributed by atoms with Crippen LogP contribution < -0.4 is 4.74 Å². The highest BCUT2D eigenvalue weighted by Gasteiger charge is 2.42. The van der Waals surface area contributed by atoms with Gasteiger partial charge in [0, 0.05) is 6.20 Å². The highest BCUT2D eigenvalue weighted by atomic mass is 32.2. The molecule has 0 bridgehead atoms. The lowest BCUT2D eigenvalue weighted by atomic mass is 9.82. The molecule has 7 heteroatoms. The van der Waals surface area contributed by atoms with Gasteiger partial charge in [-0.05, 0) is 42.7 Å². The van der Waals surface area contributed by atoms with Crippen LogP contribution in [0.4, 0.5) is 0 Å². The molecule has 29 heavy (non-hydrogen) atoms. The second-order valence-electron chi connectivity index (χ2n) is 6.84. The van der Waals surface area contributed by atoms with Gasteiger partial charge in [0.2, 0.25) is 0 Å². The molecule has 0 saturated heterocycles. The zero-order valence-electron chi connectivity index (χ0n) is 16.7. The second-order valence-corrected chi connectivity index (χ2v) is 8.69. The molecule has 0 radical (unpaired) electrons. The van der Waals surface area contributed by atoms with Crippen LogP contribution in [0.25, 0.3) is 0 Å². The van der Waals surface area contributed by atoms with Gasteiger partial charge in [-0.1, -0.05) is 43.3 Å². The fraction of sp³-hybridized carbons (Fsp3) is 0.318. The molecule has 0 unspecified atom stereocenters. The third-order valence-electron chi connectivity index (χ3n) is 5.11. The van der Waals surface area contributed by atoms with Crippen molar-refractivity contribution in [3.8, 4) is 5.75 Å². The number of rotatable bonds is 6. The Morgan fingerprint density at radius 3 is 2.31 bits per heavy atom. The molecule has 2 aromatic carbocycles. The van der Waals surface area contributed by atoms with E-state index < -0.39 is 22.0 Å². The number of esters is 1. The maximum absolute atomic E-state index is 13.4. The van der Waals surface area contributed by atoms with Crippen LogP contribution in [0.3, 0.4) is 0 Å². The molecule has 1 aliphatic rings. The molecule has 0 aromatic heterocycles. The van der Waals surface area contributed by atoms with Crippen LogP contribution in [0, 0.1) is 11.8 Å². The van der Waals surface area contributed by atoms with Gasteiger partial charge < -0.3 is 9.47 Å². The minimum atomic E-state index is -3.81. The van der Waals surface area contributed by atoms with Gasteiger partial charge in [-0.3, -0.25) is 9.10 Å². The van der Waals surface area contributed by atoms with Crippen molar-refractivity contribution in [2.24, 2.45) is 11.8 Å². The number of carbonyl (C=O) groups is 1. The van der Waals surface area contributed by atoms with Gasteiger partial charge in [0.1, 0.15) is 5.75 Å². The van der Waals surface area contributed by atoms with Crippen LogP contribution >= 0.6 is 0 Å². The summed E-state index contributed by atoms with van der Waals surface area (Å²) in [5, 5.41) is 0. The highest BCUT2D eigenvalue weighted by molar-refractivity contribution is 7.89. The Kier molecular flexibility index (Phi) is 6.27. The fourth-order valence-corrected chi connectivity index (χ4v) is 5.19. The van der Waals surface area contributed by atoms with Gasteiger partial charge in [-0.25, -0.2) is 8.42 Å². The first kappa shape index (κ1) is 20.9. The normalized spacial score (nSPS) is 21.6. The molecule has 1 aliphatic heterocycles. The lowest BCUT2D eigenvalue weighted by molar-refractivity contribution is -0.148. The van der Waals surface area contributed by atoms with Gasteiger partial charge in [-0.2, -0.15) is 0 Å². The molecular weight excluding hydrogens is 390 g/mol. The molecule has 3 rings (SSSR count). The number of methoxy groups -OCH3 is 1. The highest BCUT2D eigenvalue weighted by Crippen LogP contribution is 2.41. The fourth-order valence-electron chi connectivity index (χ4n) is 3.60. The van der Waals surface area contributed by atoms with Crippen molar-refractivity contribution in [1.82, 2.24) is 4.31 Å². The lowest BCUT2D eigenvalue weighted by Gasteiger charge is -2.40. The van der Waals surface area contributed by atoms with E-state index in [1.54, 1.807) is 62.6 Å². The monoisotopic (exact) mass is 415 g/mol. The zero-order valence-corrected chi connectivity index (χ0v) is 17.5. The van der Waals surface area contributed by atoms with Gasteiger partial charge in [-0.15, -0.1) is 0 Å². The number of carbonyl (C=O) groups excluding carboxylic acids is 1. The van der Waals surface area contributed by atoms with Gasteiger partial charge >= 0.3 is 5.97 Å². The molecule has 0 aliphatic carbocycles. The molecule has 0 fully saturated rings. The van der Waals surface area contributed by atoms with Crippen molar-refractivity contribution in [1.29, 1.82) is 0 Å². The quantitative estimate of drug-likeness (QED) is 0.672. The molecule has 3 atom stereocenters. The van der Waals surface area contributed by atoms with Crippen LogP contribution in [-0.4, -0.2) is 32.4 Å². The van der Waals surface area contributed by atoms with Gasteiger partial charge in [0.15, 0.2) is 0 Å². The van der Waals surface area contributed by atoms with Crippen molar-refractivity contribution >= 4 is 16.0 Å². The Morgan fingerprint density at radius 2 is 1.72 bits per heavy atom. The summed E-state index contributed by atoms with van der Waals surface area (Å²) in [5.41, 5.74) is 0.774. The van der Waals surface area contributed by atoms with Crippen LogP contribution in [0.5, 0.6) is 5.75 Å². The Morgan fingerprint density at radius 1 is 1.07 bits per heavy atom. The Bertz CT molecular complexity index is 970. The van der Waals surface area contributed by atoms with E-state index in [-0.39, 0.29) is 23.4 Å². The van der Waals surface area contributed by atoms with Gasteiger partial charge in [0.05, 0.1) is 30.6 Å². The van der Waals surface area contributed by atoms with E-state index >= 15 is 0 Å². The molecule has 2 aromatic rings. The SMILES string of the molecule is CCOC(=O)[C@H]1C=CN(S(=O)(=O)c2ccccc2)[C@@H](c2ccc(OC)cc2)[C@@H]1C. The van der Waals surface area contributed by atoms with Crippen molar-refractivity contribution in [2.75, 3.05) is 13.7 Å². The Hall–Kier alpha value is -2.80. The number of hydrogen-bond donors (Lipinski definition) is 0. The molecule has 0 saturated carbocycles. The van der Waals surface area contributed by atoms with E-state index in [1.165, 1.54) is 10.5 Å². The van der Waals surface area contributed by atoms with E-state index in [4.69, 9.17) is 9.47 Å². The summed E-state index contributed by atoms with van der Waals surface area (Å²) in [7, 11) is -2.23. The van der Waals surface area contributed by atoms with Crippen LogP contribution in [0.15, 0.2) is 71.8 Å². The van der Waals surface area contributed by atoms with Crippen LogP contribution in [0.2, 0.25) is 0 Å². The molecule has 6 nitrogen and oxygen atoms in total. The first-order chi connectivity index (χ1) is 13.9. The summed E-state index contributed by atoms with van der Waals surface area (Å²) in [4.78, 5) is 12.6. The van der Waals surface area contributed by atoms with E-state index in [2.05, 4.69) is 0 Å². The second kappa shape index (κ2) is 8.69. The number of nitrogens with zero attached hydrogens (tertiary/aromatic N) is 1. The summed E-state index contributed by atoms with van der Waals surface area (Å²) in [6.07, 6.45) is 3.10. The molecule has 0 spiro atoms. The summed E-state index contributed by atoms with van der Waals surface area (Å²) in [6, 6.07) is 14.9. The minimum absolute atomic E-state index is 0.199. The summed E-state index contributed by atoms with van der Waals surface area (Å²) in [6.45, 7) is 3.89. The molecule has 0 amide bonds. The predicted molar refractivity (Wildman–Crippen MR) is 110 cm³/mol. The summed E-state index contributed by atoms with van der Waals surface area (Å²) in [5.74, 6) is -0.547. The van der Waals surface area contributed by atoms with Crippen molar-refractivity contribution in [3.63, 3.8) is 0 Å². The maximum Gasteiger partial charge on any atom is 0.313 e.